The zero-order valence-corrected chi connectivity index (χ0v) is 17.8. The summed E-state index contributed by atoms with van der Waals surface area (Å²) in [5.41, 5.74) is 3.61. The van der Waals surface area contributed by atoms with Gasteiger partial charge in [-0.15, -0.1) is 0 Å². The lowest BCUT2D eigenvalue weighted by Crippen LogP contribution is -2.11. The van der Waals surface area contributed by atoms with Gasteiger partial charge in [0.1, 0.15) is 0 Å². The van der Waals surface area contributed by atoms with Crippen LogP contribution in [0.3, 0.4) is 0 Å². The molecular formula is C27H30F2O. The minimum atomic E-state index is -0.922. The largest absolute Gasteiger partial charge is 0.491 e. The standard InChI is InChI=1S/C27H30F2O/c1-3-5-6-7-18-12-13-24-21(18)14-15-22(24)19-8-10-20(11-9-19)23-16-17-25(30-4-2)27(29)26(23)28/h3,5,8-11,15-18,21,24H,4,6-7,12-14H2,1-2H3. The third kappa shape index (κ3) is 3.95. The van der Waals surface area contributed by atoms with Crippen LogP contribution in [0.1, 0.15) is 51.5 Å². The summed E-state index contributed by atoms with van der Waals surface area (Å²) in [6, 6.07) is 11.0. The molecule has 3 heteroatoms. The van der Waals surface area contributed by atoms with Gasteiger partial charge in [0.25, 0.3) is 0 Å². The summed E-state index contributed by atoms with van der Waals surface area (Å²) in [6.07, 6.45) is 13.0. The van der Waals surface area contributed by atoms with Gasteiger partial charge in [-0.1, -0.05) is 42.5 Å². The van der Waals surface area contributed by atoms with Crippen LogP contribution in [0.5, 0.6) is 5.75 Å². The number of benzene rings is 2. The molecule has 158 valence electrons. The molecule has 2 aromatic rings. The second-order valence-electron chi connectivity index (χ2n) is 8.40. The Kier molecular flexibility index (Phi) is 6.36. The highest BCUT2D eigenvalue weighted by Crippen LogP contribution is 2.52. The molecule has 0 N–H and O–H groups in total. The maximum Gasteiger partial charge on any atom is 0.201 e. The Hall–Kier alpha value is -2.42. The molecule has 4 rings (SSSR count). The molecule has 0 saturated heterocycles. The molecule has 3 unspecified atom stereocenters. The van der Waals surface area contributed by atoms with Gasteiger partial charge in [-0.2, -0.15) is 4.39 Å². The van der Waals surface area contributed by atoms with Crippen LogP contribution in [0.2, 0.25) is 0 Å². The van der Waals surface area contributed by atoms with Gasteiger partial charge in [0, 0.05) is 5.56 Å². The summed E-state index contributed by atoms with van der Waals surface area (Å²) in [4.78, 5) is 0. The molecular weight excluding hydrogens is 378 g/mol. The normalized spacial score (nSPS) is 23.1. The predicted octanol–water partition coefficient (Wildman–Crippen LogP) is 7.82. The van der Waals surface area contributed by atoms with Crippen LogP contribution < -0.4 is 4.74 Å². The molecule has 2 aliphatic carbocycles. The fourth-order valence-corrected chi connectivity index (χ4v) is 5.34. The second kappa shape index (κ2) is 9.16. The van der Waals surface area contributed by atoms with E-state index in [0.717, 1.165) is 11.8 Å². The Labute approximate surface area is 178 Å². The summed E-state index contributed by atoms with van der Waals surface area (Å²) >= 11 is 0. The van der Waals surface area contributed by atoms with Crippen LogP contribution in [-0.4, -0.2) is 6.61 Å². The number of hydrogen-bond acceptors (Lipinski definition) is 1. The lowest BCUT2D eigenvalue weighted by atomic mass is 9.85. The van der Waals surface area contributed by atoms with E-state index in [1.165, 1.54) is 49.3 Å². The molecule has 1 fully saturated rings. The highest BCUT2D eigenvalue weighted by Gasteiger charge is 2.40. The van der Waals surface area contributed by atoms with E-state index in [9.17, 15) is 8.78 Å². The van der Waals surface area contributed by atoms with E-state index in [0.29, 0.717) is 18.1 Å². The van der Waals surface area contributed by atoms with E-state index in [2.05, 4.69) is 37.3 Å². The summed E-state index contributed by atoms with van der Waals surface area (Å²) in [5, 5.41) is 0. The zero-order valence-electron chi connectivity index (χ0n) is 17.8. The summed E-state index contributed by atoms with van der Waals surface area (Å²) in [6.45, 7) is 4.14. The fourth-order valence-electron chi connectivity index (χ4n) is 5.34. The molecule has 0 radical (unpaired) electrons. The van der Waals surface area contributed by atoms with Crippen LogP contribution in [0.4, 0.5) is 8.78 Å². The molecule has 0 heterocycles. The van der Waals surface area contributed by atoms with E-state index in [4.69, 9.17) is 4.74 Å². The van der Waals surface area contributed by atoms with Gasteiger partial charge in [0.05, 0.1) is 6.61 Å². The molecule has 1 nitrogen and oxygen atoms in total. The maximum absolute atomic E-state index is 14.5. The number of ether oxygens (including phenoxy) is 1. The van der Waals surface area contributed by atoms with Gasteiger partial charge in [-0.25, -0.2) is 4.39 Å². The first kappa shape index (κ1) is 20.8. The number of allylic oxidation sites excluding steroid dienone is 4. The van der Waals surface area contributed by atoms with Crippen LogP contribution >= 0.6 is 0 Å². The summed E-state index contributed by atoms with van der Waals surface area (Å²) < 4.78 is 33.9. The van der Waals surface area contributed by atoms with Crippen LogP contribution in [0.15, 0.2) is 54.6 Å². The van der Waals surface area contributed by atoms with Gasteiger partial charge in [0.15, 0.2) is 11.6 Å². The highest BCUT2D eigenvalue weighted by atomic mass is 19.2. The maximum atomic E-state index is 14.5. The van der Waals surface area contributed by atoms with Gasteiger partial charge in [-0.05, 0) is 92.5 Å². The third-order valence-electron chi connectivity index (χ3n) is 6.80. The Morgan fingerprint density at radius 3 is 2.50 bits per heavy atom. The van der Waals surface area contributed by atoms with Crippen molar-refractivity contribution < 1.29 is 13.5 Å². The van der Waals surface area contributed by atoms with Gasteiger partial charge in [0.2, 0.25) is 5.82 Å². The zero-order chi connectivity index (χ0) is 21.1. The minimum Gasteiger partial charge on any atom is -0.491 e. The van der Waals surface area contributed by atoms with Crippen molar-refractivity contribution in [2.24, 2.45) is 17.8 Å². The Morgan fingerprint density at radius 2 is 1.77 bits per heavy atom. The fraction of sp³-hybridized carbons (Fsp3) is 0.407. The van der Waals surface area contributed by atoms with Crippen molar-refractivity contribution in [2.75, 3.05) is 6.61 Å². The van der Waals surface area contributed by atoms with Gasteiger partial charge in [-0.3, -0.25) is 0 Å². The molecule has 0 bridgehead atoms. The van der Waals surface area contributed by atoms with E-state index in [1.807, 2.05) is 12.1 Å². The SMILES string of the molecule is CC=CCCC1CCC2C(c3ccc(-c4ccc(OCC)c(F)c4F)cc3)=CCC12. The smallest absolute Gasteiger partial charge is 0.201 e. The number of rotatable bonds is 7. The summed E-state index contributed by atoms with van der Waals surface area (Å²) in [5.74, 6) is 0.417. The average molecular weight is 409 g/mol. The van der Waals surface area contributed by atoms with Crippen LogP contribution in [0, 0.1) is 29.4 Å². The van der Waals surface area contributed by atoms with Crippen molar-refractivity contribution in [1.29, 1.82) is 0 Å². The van der Waals surface area contributed by atoms with Crippen molar-refractivity contribution in [3.8, 4) is 16.9 Å². The topological polar surface area (TPSA) is 9.23 Å². The van der Waals surface area contributed by atoms with E-state index in [-0.39, 0.29) is 11.3 Å². The third-order valence-corrected chi connectivity index (χ3v) is 6.80. The molecule has 30 heavy (non-hydrogen) atoms. The van der Waals surface area contributed by atoms with Crippen molar-refractivity contribution >= 4 is 5.57 Å². The van der Waals surface area contributed by atoms with Crippen LogP contribution in [-0.2, 0) is 0 Å². The Morgan fingerprint density at radius 1 is 1.00 bits per heavy atom. The molecule has 2 aromatic carbocycles. The van der Waals surface area contributed by atoms with Crippen molar-refractivity contribution in [3.05, 3.63) is 71.8 Å². The minimum absolute atomic E-state index is 0.0391. The molecule has 2 aliphatic rings. The molecule has 0 amide bonds. The van der Waals surface area contributed by atoms with Crippen LogP contribution in [0.25, 0.3) is 16.7 Å². The van der Waals surface area contributed by atoms with E-state index >= 15 is 0 Å². The Bertz CT molecular complexity index is 942. The average Bonchev–Trinajstić information content (AvgIpc) is 3.35. The van der Waals surface area contributed by atoms with Crippen molar-refractivity contribution in [2.45, 2.75) is 46.0 Å². The van der Waals surface area contributed by atoms with Crippen molar-refractivity contribution in [3.63, 3.8) is 0 Å². The quantitative estimate of drug-likeness (QED) is 0.424. The lowest BCUT2D eigenvalue weighted by molar-refractivity contribution is 0.314. The first-order valence-electron chi connectivity index (χ1n) is 11.2. The first-order valence-corrected chi connectivity index (χ1v) is 11.2. The molecule has 0 aliphatic heterocycles. The first-order chi connectivity index (χ1) is 14.6. The number of hydrogen-bond donors (Lipinski definition) is 0. The lowest BCUT2D eigenvalue weighted by Gasteiger charge is -2.20. The van der Waals surface area contributed by atoms with Gasteiger partial charge < -0.3 is 4.74 Å². The van der Waals surface area contributed by atoms with Gasteiger partial charge >= 0.3 is 0 Å². The molecule has 1 saturated carbocycles. The highest BCUT2D eigenvalue weighted by molar-refractivity contribution is 5.73. The second-order valence-corrected chi connectivity index (χ2v) is 8.40. The monoisotopic (exact) mass is 408 g/mol. The van der Waals surface area contributed by atoms with E-state index < -0.39 is 11.6 Å². The number of halogens is 2. The van der Waals surface area contributed by atoms with Crippen molar-refractivity contribution in [1.82, 2.24) is 0 Å². The molecule has 3 atom stereocenters. The molecule has 0 aromatic heterocycles. The predicted molar refractivity (Wildman–Crippen MR) is 119 cm³/mol. The van der Waals surface area contributed by atoms with E-state index in [1.54, 1.807) is 13.0 Å². The molecule has 0 spiro atoms. The Balaban J connectivity index is 1.49. The number of fused-ring (bicyclic) bond motifs is 1. The summed E-state index contributed by atoms with van der Waals surface area (Å²) in [7, 11) is 0.